The predicted octanol–water partition coefficient (Wildman–Crippen LogP) is 1.52. The third-order valence-corrected chi connectivity index (χ3v) is 1.57. The molecule has 1 rings (SSSR count). The molecule has 0 aliphatic rings. The molecule has 1 aromatic rings. The maximum absolute atomic E-state index is 8.72. The highest BCUT2D eigenvalue weighted by atomic mass is 14.3. The van der Waals surface area contributed by atoms with Crippen LogP contribution in [0.5, 0.6) is 0 Å². The summed E-state index contributed by atoms with van der Waals surface area (Å²) in [6, 6.07) is 5.98. The number of hydrogen-bond donors (Lipinski definition) is 0. The molecule has 1 aromatic carbocycles. The van der Waals surface area contributed by atoms with E-state index >= 15 is 0 Å². The lowest BCUT2D eigenvalue weighted by atomic mass is 10.1. The number of aryl methyl sites for hydroxylation is 2. The van der Waals surface area contributed by atoms with E-state index in [9.17, 15) is 0 Å². The summed E-state index contributed by atoms with van der Waals surface area (Å²) in [5.41, 5.74) is 3.18. The van der Waals surface area contributed by atoms with E-state index in [1.54, 1.807) is 0 Å². The van der Waals surface area contributed by atoms with Gasteiger partial charge >= 0.3 is 0 Å². The highest BCUT2D eigenvalue weighted by molar-refractivity contribution is 5.80. The lowest BCUT2D eigenvalue weighted by Crippen LogP contribution is -1.87. The fourth-order valence-electron chi connectivity index (χ4n) is 0.899. The lowest BCUT2D eigenvalue weighted by molar-refractivity contribution is 1.38. The molecule has 0 aromatic heterocycles. The van der Waals surface area contributed by atoms with Crippen LogP contribution < -0.4 is 5.41 Å². The molecule has 10 heavy (non-hydrogen) atoms. The van der Waals surface area contributed by atoms with E-state index in [0.717, 1.165) is 17.3 Å². The van der Waals surface area contributed by atoms with Crippen molar-refractivity contribution in [3.05, 3.63) is 34.9 Å². The van der Waals surface area contributed by atoms with E-state index in [2.05, 4.69) is 0 Å². The van der Waals surface area contributed by atoms with Crippen LogP contribution in [0.1, 0.15) is 16.7 Å². The molecule has 0 spiro atoms. The van der Waals surface area contributed by atoms with Gasteiger partial charge in [-0.25, -0.2) is 0 Å². The van der Waals surface area contributed by atoms with Gasteiger partial charge in [-0.15, -0.1) is 0 Å². The van der Waals surface area contributed by atoms with Crippen LogP contribution in [-0.4, -0.2) is 6.21 Å². The normalized spacial score (nSPS) is 9.40. The summed E-state index contributed by atoms with van der Waals surface area (Å²) in [6.45, 7) is 3.98. The molecule has 51 valence electrons. The topological polar surface area (TPSA) is 22.3 Å². The minimum Gasteiger partial charge on any atom is -0.159 e. The first-order valence-electron chi connectivity index (χ1n) is 3.28. The molecule has 0 heterocycles. The first-order valence-corrected chi connectivity index (χ1v) is 3.28. The monoisotopic (exact) mass is 132 g/mol. The van der Waals surface area contributed by atoms with E-state index in [-0.39, 0.29) is 0 Å². The van der Waals surface area contributed by atoms with Crippen LogP contribution in [0.15, 0.2) is 18.2 Å². The largest absolute Gasteiger partial charge is 0.159 e. The Morgan fingerprint density at radius 3 is 2.50 bits per heavy atom. The second-order valence-corrected chi connectivity index (χ2v) is 2.49. The fraction of sp³-hybridized carbons (Fsp3) is 0.222. The molecule has 0 amide bonds. The van der Waals surface area contributed by atoms with Crippen LogP contribution in [0.2, 0.25) is 0 Å². The van der Waals surface area contributed by atoms with Crippen molar-refractivity contribution in [1.82, 2.24) is 5.41 Å². The van der Waals surface area contributed by atoms with Crippen molar-refractivity contribution < 1.29 is 0 Å². The molecule has 1 heteroatoms. The number of rotatable bonds is 1. The van der Waals surface area contributed by atoms with Crippen LogP contribution in [0.3, 0.4) is 0 Å². The van der Waals surface area contributed by atoms with Gasteiger partial charge < -0.3 is 0 Å². The van der Waals surface area contributed by atoms with Crippen LogP contribution in [0.25, 0.3) is 0 Å². The second-order valence-electron chi connectivity index (χ2n) is 2.49. The number of benzene rings is 1. The Morgan fingerprint density at radius 1 is 1.30 bits per heavy atom. The van der Waals surface area contributed by atoms with Gasteiger partial charge in [-0.3, -0.25) is 0 Å². The molecule has 0 aliphatic heterocycles. The summed E-state index contributed by atoms with van der Waals surface area (Å²) in [4.78, 5) is 0. The molecule has 1 radical (unpaired) electrons. The van der Waals surface area contributed by atoms with Crippen molar-refractivity contribution >= 4 is 6.21 Å². The van der Waals surface area contributed by atoms with Gasteiger partial charge in [0.05, 0.1) is 6.21 Å². The van der Waals surface area contributed by atoms with Gasteiger partial charge in [0.2, 0.25) is 0 Å². The minimum atomic E-state index is 0.903. The Bertz CT molecular complexity index is 251. The van der Waals surface area contributed by atoms with E-state index in [4.69, 9.17) is 5.41 Å². The van der Waals surface area contributed by atoms with Gasteiger partial charge in [0.25, 0.3) is 0 Å². The zero-order chi connectivity index (χ0) is 7.56. The molecule has 0 fully saturated rings. The summed E-state index contributed by atoms with van der Waals surface area (Å²) >= 11 is 0. The zero-order valence-electron chi connectivity index (χ0n) is 6.26. The maximum atomic E-state index is 8.72. The molecule has 0 atom stereocenters. The first kappa shape index (κ1) is 7.00. The third-order valence-electron chi connectivity index (χ3n) is 1.57. The van der Waals surface area contributed by atoms with E-state index in [1.807, 2.05) is 32.0 Å². The molecule has 1 nitrogen and oxygen atoms in total. The Hall–Kier alpha value is -1.11. The summed E-state index contributed by atoms with van der Waals surface area (Å²) in [6.07, 6.45) is 1.14. The SMILES string of the molecule is Cc1ccc(C)c(C=[N])c1. The molecule has 0 bridgehead atoms. The smallest absolute Gasteiger partial charge is 0.0570 e. The van der Waals surface area contributed by atoms with Crippen LogP contribution in [0.4, 0.5) is 0 Å². The Kier molecular flexibility index (Phi) is 1.86. The number of nitrogens with zero attached hydrogens (tertiary/aromatic N) is 1. The van der Waals surface area contributed by atoms with Crippen molar-refractivity contribution in [2.45, 2.75) is 13.8 Å². The van der Waals surface area contributed by atoms with Crippen molar-refractivity contribution in [2.75, 3.05) is 0 Å². The van der Waals surface area contributed by atoms with Gasteiger partial charge in [-0.1, -0.05) is 23.8 Å². The van der Waals surface area contributed by atoms with Crippen LogP contribution >= 0.6 is 0 Å². The molecule has 0 N–H and O–H groups in total. The van der Waals surface area contributed by atoms with Gasteiger partial charge in [0, 0.05) is 0 Å². The predicted molar refractivity (Wildman–Crippen MR) is 43.2 cm³/mol. The van der Waals surface area contributed by atoms with Gasteiger partial charge in [0.15, 0.2) is 0 Å². The summed E-state index contributed by atoms with van der Waals surface area (Å²) < 4.78 is 0. The molecular formula is C9H10N. The summed E-state index contributed by atoms with van der Waals surface area (Å²) in [5.74, 6) is 0. The average Bonchev–Trinajstić information content (AvgIpc) is 1.94. The van der Waals surface area contributed by atoms with Gasteiger partial charge in [-0.2, -0.15) is 5.41 Å². The fourth-order valence-corrected chi connectivity index (χ4v) is 0.899. The van der Waals surface area contributed by atoms with E-state index in [0.29, 0.717) is 0 Å². The van der Waals surface area contributed by atoms with Gasteiger partial charge in [-0.05, 0) is 25.0 Å². The third kappa shape index (κ3) is 1.24. The highest BCUT2D eigenvalue weighted by Gasteiger charge is 1.92. The molecule has 0 aliphatic carbocycles. The lowest BCUT2D eigenvalue weighted by Gasteiger charge is -1.98. The molecule has 0 saturated heterocycles. The highest BCUT2D eigenvalue weighted by Crippen LogP contribution is 2.06. The van der Waals surface area contributed by atoms with Crippen molar-refractivity contribution in [3.8, 4) is 0 Å². The molecular weight excluding hydrogens is 122 g/mol. The van der Waals surface area contributed by atoms with E-state index in [1.165, 1.54) is 5.56 Å². The van der Waals surface area contributed by atoms with Crippen molar-refractivity contribution in [2.24, 2.45) is 0 Å². The van der Waals surface area contributed by atoms with Crippen molar-refractivity contribution in [1.29, 1.82) is 0 Å². The maximum Gasteiger partial charge on any atom is 0.0570 e. The van der Waals surface area contributed by atoms with E-state index < -0.39 is 0 Å². The Labute approximate surface area is 61.2 Å². The van der Waals surface area contributed by atoms with Crippen molar-refractivity contribution in [3.63, 3.8) is 0 Å². The van der Waals surface area contributed by atoms with Crippen LogP contribution in [0, 0.1) is 13.8 Å². The molecule has 0 saturated carbocycles. The Morgan fingerprint density at radius 2 is 2.00 bits per heavy atom. The molecule has 0 unspecified atom stereocenters. The summed E-state index contributed by atoms with van der Waals surface area (Å²) in [7, 11) is 0. The van der Waals surface area contributed by atoms with Gasteiger partial charge in [0.1, 0.15) is 0 Å². The number of hydrogen-bond acceptors (Lipinski definition) is 0. The Balaban J connectivity index is 3.21. The minimum absolute atomic E-state index is 0.903. The van der Waals surface area contributed by atoms with Crippen LogP contribution in [-0.2, 0) is 0 Å². The quantitative estimate of drug-likeness (QED) is 0.517. The average molecular weight is 132 g/mol. The second kappa shape index (κ2) is 2.65. The standard InChI is InChI=1S/C9H10N/c1-7-3-4-8(2)9(5-7)6-10/h3-6H,1-2H3. The summed E-state index contributed by atoms with van der Waals surface area (Å²) in [5, 5.41) is 8.72. The first-order chi connectivity index (χ1) is 4.74. The zero-order valence-corrected chi connectivity index (χ0v) is 6.26.